The molecule has 0 saturated heterocycles. The molecule has 0 radical (unpaired) electrons. The Bertz CT molecular complexity index is 801. The van der Waals surface area contributed by atoms with Crippen molar-refractivity contribution in [2.75, 3.05) is 13.7 Å². The van der Waals surface area contributed by atoms with Crippen LogP contribution in [0.1, 0.15) is 16.7 Å². The highest BCUT2D eigenvalue weighted by Gasteiger charge is 2.37. The van der Waals surface area contributed by atoms with Crippen molar-refractivity contribution in [2.45, 2.75) is 18.9 Å². The quantitative estimate of drug-likeness (QED) is 0.721. The number of para-hydroxylation sites is 1. The van der Waals surface area contributed by atoms with Crippen molar-refractivity contribution in [3.63, 3.8) is 0 Å². The number of rotatable bonds is 6. The molecule has 1 amide bonds. The van der Waals surface area contributed by atoms with E-state index in [1.807, 2.05) is 0 Å². The van der Waals surface area contributed by atoms with Crippen LogP contribution in [0, 0.1) is 0 Å². The topological polar surface area (TPSA) is 47.6 Å². The van der Waals surface area contributed by atoms with Gasteiger partial charge in [-0.3, -0.25) is 4.79 Å². The molecule has 2 aromatic rings. The van der Waals surface area contributed by atoms with Crippen LogP contribution in [-0.4, -0.2) is 19.6 Å². The largest absolute Gasteiger partial charge is 0.496 e. The summed E-state index contributed by atoms with van der Waals surface area (Å²) in [4.78, 5) is 11.8. The van der Waals surface area contributed by atoms with Gasteiger partial charge in [0, 0.05) is 12.1 Å². The van der Waals surface area contributed by atoms with Gasteiger partial charge in [0.1, 0.15) is 11.5 Å². The highest BCUT2D eigenvalue weighted by molar-refractivity contribution is 5.77. The fourth-order valence-electron chi connectivity index (χ4n) is 2.25. The lowest BCUT2D eigenvalue weighted by Gasteiger charge is -2.15. The van der Waals surface area contributed by atoms with E-state index in [2.05, 4.69) is 5.32 Å². The standard InChI is InChI=1S/C18H15F6NO3/c1-27-15-5-3-2-4-11(15)9-25-16(26)10-28-14-7-12(17(19,20)21)6-13(8-14)18(22,23)24/h2-8H,9-10H2,1H3,(H,25,26). The van der Waals surface area contributed by atoms with E-state index < -0.39 is 41.7 Å². The van der Waals surface area contributed by atoms with Gasteiger partial charge in [0.2, 0.25) is 0 Å². The molecule has 4 nitrogen and oxygen atoms in total. The molecule has 0 heterocycles. The van der Waals surface area contributed by atoms with E-state index in [4.69, 9.17) is 9.47 Å². The van der Waals surface area contributed by atoms with E-state index in [1.54, 1.807) is 24.3 Å². The molecule has 0 aliphatic heterocycles. The monoisotopic (exact) mass is 407 g/mol. The summed E-state index contributed by atoms with van der Waals surface area (Å²) < 4.78 is 86.7. The fraction of sp³-hybridized carbons (Fsp3) is 0.278. The molecular weight excluding hydrogens is 392 g/mol. The van der Waals surface area contributed by atoms with Crippen LogP contribution in [0.4, 0.5) is 26.3 Å². The van der Waals surface area contributed by atoms with Gasteiger partial charge in [-0.1, -0.05) is 18.2 Å². The lowest BCUT2D eigenvalue weighted by atomic mass is 10.1. The summed E-state index contributed by atoms with van der Waals surface area (Å²) in [6.07, 6.45) is -9.99. The van der Waals surface area contributed by atoms with Crippen molar-refractivity contribution in [3.8, 4) is 11.5 Å². The number of benzene rings is 2. The van der Waals surface area contributed by atoms with Gasteiger partial charge >= 0.3 is 12.4 Å². The Morgan fingerprint density at radius 3 is 2.07 bits per heavy atom. The summed E-state index contributed by atoms with van der Waals surface area (Å²) in [5.74, 6) is -0.928. The summed E-state index contributed by atoms with van der Waals surface area (Å²) in [7, 11) is 1.44. The Morgan fingerprint density at radius 1 is 0.964 bits per heavy atom. The van der Waals surface area contributed by atoms with E-state index in [0.29, 0.717) is 23.4 Å². The second kappa shape index (κ2) is 8.41. The third-order valence-corrected chi connectivity index (χ3v) is 3.60. The van der Waals surface area contributed by atoms with Gasteiger partial charge in [0.15, 0.2) is 6.61 Å². The number of halogens is 6. The molecule has 0 unspecified atom stereocenters. The molecule has 152 valence electrons. The zero-order valence-electron chi connectivity index (χ0n) is 14.4. The van der Waals surface area contributed by atoms with Gasteiger partial charge in [-0.2, -0.15) is 26.3 Å². The van der Waals surface area contributed by atoms with Crippen molar-refractivity contribution < 1.29 is 40.6 Å². The second-order valence-corrected chi connectivity index (χ2v) is 5.62. The normalized spacial score (nSPS) is 11.8. The maximum Gasteiger partial charge on any atom is 0.416 e. The Labute approximate surface area is 156 Å². The predicted molar refractivity (Wildman–Crippen MR) is 86.8 cm³/mol. The number of carbonyl (C=O) groups is 1. The van der Waals surface area contributed by atoms with E-state index >= 15 is 0 Å². The van der Waals surface area contributed by atoms with E-state index in [1.165, 1.54) is 7.11 Å². The second-order valence-electron chi connectivity index (χ2n) is 5.62. The maximum atomic E-state index is 12.8. The molecule has 0 atom stereocenters. The first-order valence-electron chi connectivity index (χ1n) is 7.81. The number of amides is 1. The zero-order valence-corrected chi connectivity index (χ0v) is 14.4. The summed E-state index contributed by atoms with van der Waals surface area (Å²) >= 11 is 0. The van der Waals surface area contributed by atoms with Crippen LogP contribution in [0.25, 0.3) is 0 Å². The highest BCUT2D eigenvalue weighted by Crippen LogP contribution is 2.38. The van der Waals surface area contributed by atoms with Crippen molar-refractivity contribution in [1.29, 1.82) is 0 Å². The van der Waals surface area contributed by atoms with E-state index in [0.717, 1.165) is 0 Å². The molecule has 0 spiro atoms. The summed E-state index contributed by atoms with van der Waals surface area (Å²) in [5, 5.41) is 2.45. The van der Waals surface area contributed by atoms with Gasteiger partial charge in [0.25, 0.3) is 5.91 Å². The number of nitrogens with one attached hydrogen (secondary N) is 1. The molecule has 28 heavy (non-hydrogen) atoms. The first-order valence-corrected chi connectivity index (χ1v) is 7.81. The molecule has 0 saturated carbocycles. The molecule has 2 rings (SSSR count). The fourth-order valence-corrected chi connectivity index (χ4v) is 2.25. The highest BCUT2D eigenvalue weighted by atomic mass is 19.4. The van der Waals surface area contributed by atoms with Crippen LogP contribution >= 0.6 is 0 Å². The Morgan fingerprint density at radius 2 is 1.54 bits per heavy atom. The van der Waals surface area contributed by atoms with Gasteiger partial charge in [0.05, 0.1) is 18.2 Å². The van der Waals surface area contributed by atoms with Crippen LogP contribution in [0.15, 0.2) is 42.5 Å². The van der Waals surface area contributed by atoms with Gasteiger partial charge in [-0.25, -0.2) is 0 Å². The number of hydrogen-bond donors (Lipinski definition) is 1. The van der Waals surface area contributed by atoms with Crippen LogP contribution in [-0.2, 0) is 23.7 Å². The van der Waals surface area contributed by atoms with Crippen LogP contribution in [0.5, 0.6) is 11.5 Å². The van der Waals surface area contributed by atoms with Crippen molar-refractivity contribution in [3.05, 3.63) is 59.2 Å². The van der Waals surface area contributed by atoms with E-state index in [9.17, 15) is 31.1 Å². The molecule has 10 heteroatoms. The molecule has 0 fully saturated rings. The third kappa shape index (κ3) is 5.80. The molecule has 0 aromatic heterocycles. The summed E-state index contributed by atoms with van der Waals surface area (Å²) in [6, 6.07) is 7.57. The molecule has 1 N–H and O–H groups in total. The van der Waals surface area contributed by atoms with Gasteiger partial charge in [-0.05, 0) is 24.3 Å². The molecular formula is C18H15F6NO3. The minimum atomic E-state index is -4.99. The Kier molecular flexibility index (Phi) is 6.42. The van der Waals surface area contributed by atoms with E-state index in [-0.39, 0.29) is 12.6 Å². The number of carbonyl (C=O) groups excluding carboxylic acids is 1. The Balaban J connectivity index is 2.06. The first-order chi connectivity index (χ1) is 13.0. The minimum absolute atomic E-state index is 0.0192. The molecule has 2 aromatic carbocycles. The first kappa shape index (κ1) is 21.4. The average molecular weight is 407 g/mol. The zero-order chi connectivity index (χ0) is 20.9. The smallest absolute Gasteiger partial charge is 0.416 e. The van der Waals surface area contributed by atoms with Crippen LogP contribution in [0.2, 0.25) is 0 Å². The van der Waals surface area contributed by atoms with Crippen molar-refractivity contribution >= 4 is 5.91 Å². The molecule has 0 aliphatic carbocycles. The summed E-state index contributed by atoms with van der Waals surface area (Å²) in [5.41, 5.74) is -2.41. The number of hydrogen-bond acceptors (Lipinski definition) is 3. The Hall–Kier alpha value is -2.91. The maximum absolute atomic E-state index is 12.8. The number of ether oxygens (including phenoxy) is 2. The summed E-state index contributed by atoms with van der Waals surface area (Å²) in [6.45, 7) is -0.712. The molecule has 0 aliphatic rings. The van der Waals surface area contributed by atoms with Gasteiger partial charge in [-0.15, -0.1) is 0 Å². The third-order valence-electron chi connectivity index (χ3n) is 3.60. The lowest BCUT2D eigenvalue weighted by molar-refractivity contribution is -0.143. The van der Waals surface area contributed by atoms with Crippen LogP contribution in [0.3, 0.4) is 0 Å². The number of methoxy groups -OCH3 is 1. The van der Waals surface area contributed by atoms with Crippen LogP contribution < -0.4 is 14.8 Å². The SMILES string of the molecule is COc1ccccc1CNC(=O)COc1cc(C(F)(F)F)cc(C(F)(F)F)c1. The van der Waals surface area contributed by atoms with Crippen molar-refractivity contribution in [2.24, 2.45) is 0 Å². The predicted octanol–water partition coefficient (Wildman–Crippen LogP) is 4.43. The van der Waals surface area contributed by atoms with Gasteiger partial charge < -0.3 is 14.8 Å². The number of alkyl halides is 6. The average Bonchev–Trinajstić information content (AvgIpc) is 2.63. The minimum Gasteiger partial charge on any atom is -0.496 e. The lowest BCUT2D eigenvalue weighted by Crippen LogP contribution is -2.28. The van der Waals surface area contributed by atoms with Crippen molar-refractivity contribution in [1.82, 2.24) is 5.32 Å². The molecule has 0 bridgehead atoms.